The summed E-state index contributed by atoms with van der Waals surface area (Å²) in [7, 11) is 1.71. The molecule has 16 heavy (non-hydrogen) atoms. The number of hydrogen-bond acceptors (Lipinski definition) is 3. The molecule has 0 aliphatic heterocycles. The zero-order chi connectivity index (χ0) is 11.6. The van der Waals surface area contributed by atoms with E-state index in [4.69, 9.17) is 15.2 Å². The lowest BCUT2D eigenvalue weighted by Crippen LogP contribution is -2.12. The summed E-state index contributed by atoms with van der Waals surface area (Å²) >= 11 is 0. The topological polar surface area (TPSA) is 49.4 Å². The van der Waals surface area contributed by atoms with E-state index in [1.54, 1.807) is 7.11 Å². The largest absolute Gasteiger partial charge is 0.385 e. The summed E-state index contributed by atoms with van der Waals surface area (Å²) in [6.07, 6.45) is 3.96. The van der Waals surface area contributed by atoms with E-state index < -0.39 is 0 Å². The van der Waals surface area contributed by atoms with Gasteiger partial charge in [0.15, 0.2) is 0 Å². The molecule has 0 saturated heterocycles. The molecule has 0 amide bonds. The molecule has 0 aliphatic carbocycles. The van der Waals surface area contributed by atoms with Crippen molar-refractivity contribution in [3.63, 3.8) is 0 Å². The van der Waals surface area contributed by atoms with Crippen LogP contribution in [0.25, 0.3) is 0 Å². The molecule has 4 heteroatoms. The van der Waals surface area contributed by atoms with Crippen LogP contribution in [0, 0.1) is 0 Å². The standard InChI is InChI=1S/C12H22N2O2/c1-15-9-3-10-16-11-8-14-7-2-4-12(14)5-6-13/h2,4,7H,3,5-6,8-11,13H2,1H3. The molecule has 2 N–H and O–H groups in total. The van der Waals surface area contributed by atoms with E-state index in [2.05, 4.69) is 22.9 Å². The smallest absolute Gasteiger partial charge is 0.0645 e. The van der Waals surface area contributed by atoms with E-state index in [-0.39, 0.29) is 0 Å². The molecule has 1 heterocycles. The van der Waals surface area contributed by atoms with E-state index in [0.717, 1.165) is 39.2 Å². The number of aromatic nitrogens is 1. The Labute approximate surface area is 97.3 Å². The van der Waals surface area contributed by atoms with Gasteiger partial charge in [0.05, 0.1) is 6.61 Å². The molecule has 0 spiro atoms. The molecule has 0 saturated carbocycles. The molecule has 0 aromatic carbocycles. The van der Waals surface area contributed by atoms with Crippen molar-refractivity contribution in [2.45, 2.75) is 19.4 Å². The van der Waals surface area contributed by atoms with Crippen molar-refractivity contribution >= 4 is 0 Å². The normalized spacial score (nSPS) is 10.9. The maximum absolute atomic E-state index is 5.54. The summed E-state index contributed by atoms with van der Waals surface area (Å²) in [6.45, 7) is 3.87. The lowest BCUT2D eigenvalue weighted by Gasteiger charge is -2.09. The van der Waals surface area contributed by atoms with Gasteiger partial charge in [0.25, 0.3) is 0 Å². The lowest BCUT2D eigenvalue weighted by atomic mass is 10.3. The minimum Gasteiger partial charge on any atom is -0.385 e. The Bertz CT molecular complexity index is 274. The second kappa shape index (κ2) is 8.33. The van der Waals surface area contributed by atoms with Crippen LogP contribution in [-0.4, -0.2) is 38.0 Å². The van der Waals surface area contributed by atoms with Crippen LogP contribution in [0.1, 0.15) is 12.1 Å². The van der Waals surface area contributed by atoms with E-state index in [9.17, 15) is 0 Å². The first kappa shape index (κ1) is 13.2. The second-order valence-electron chi connectivity index (χ2n) is 3.69. The van der Waals surface area contributed by atoms with Crippen LogP contribution >= 0.6 is 0 Å². The predicted octanol–water partition coefficient (Wildman–Crippen LogP) is 1.04. The van der Waals surface area contributed by atoms with Crippen molar-refractivity contribution in [3.05, 3.63) is 24.0 Å². The van der Waals surface area contributed by atoms with Crippen LogP contribution in [0.5, 0.6) is 0 Å². The van der Waals surface area contributed by atoms with Gasteiger partial charge in [-0.05, 0) is 31.5 Å². The van der Waals surface area contributed by atoms with E-state index in [1.807, 2.05) is 0 Å². The average molecular weight is 226 g/mol. The maximum atomic E-state index is 5.54. The van der Waals surface area contributed by atoms with Crippen LogP contribution < -0.4 is 5.73 Å². The van der Waals surface area contributed by atoms with Crippen molar-refractivity contribution in [1.82, 2.24) is 4.57 Å². The van der Waals surface area contributed by atoms with Gasteiger partial charge >= 0.3 is 0 Å². The molecular formula is C12H22N2O2. The number of nitrogens with zero attached hydrogens (tertiary/aromatic N) is 1. The maximum Gasteiger partial charge on any atom is 0.0645 e. The Hall–Kier alpha value is -0.840. The summed E-state index contributed by atoms with van der Waals surface area (Å²) < 4.78 is 12.7. The number of nitrogens with two attached hydrogens (primary N) is 1. The fourth-order valence-electron chi connectivity index (χ4n) is 1.61. The SMILES string of the molecule is COCCCOCCn1cccc1CCN. The Morgan fingerprint density at radius 2 is 2.19 bits per heavy atom. The Balaban J connectivity index is 2.13. The Morgan fingerprint density at radius 3 is 2.94 bits per heavy atom. The highest BCUT2D eigenvalue weighted by Crippen LogP contribution is 2.02. The number of methoxy groups -OCH3 is 1. The molecule has 0 atom stereocenters. The first-order valence-corrected chi connectivity index (χ1v) is 5.79. The van der Waals surface area contributed by atoms with Crippen LogP contribution in [0.15, 0.2) is 18.3 Å². The zero-order valence-electron chi connectivity index (χ0n) is 10.0. The van der Waals surface area contributed by atoms with Gasteiger partial charge in [0.1, 0.15) is 0 Å². The van der Waals surface area contributed by atoms with Crippen LogP contribution in [0.3, 0.4) is 0 Å². The lowest BCUT2D eigenvalue weighted by molar-refractivity contribution is 0.0974. The van der Waals surface area contributed by atoms with Crippen LogP contribution in [0.2, 0.25) is 0 Å². The molecule has 1 aromatic rings. The molecule has 1 rings (SSSR count). The van der Waals surface area contributed by atoms with E-state index >= 15 is 0 Å². The number of rotatable bonds is 9. The second-order valence-corrected chi connectivity index (χ2v) is 3.69. The van der Waals surface area contributed by atoms with Crippen LogP contribution in [-0.2, 0) is 22.4 Å². The van der Waals surface area contributed by atoms with Gasteiger partial charge in [0, 0.05) is 38.8 Å². The third-order valence-electron chi connectivity index (χ3n) is 2.44. The molecule has 0 radical (unpaired) electrons. The summed E-state index contributed by atoms with van der Waals surface area (Å²) in [5, 5.41) is 0. The van der Waals surface area contributed by atoms with E-state index in [0.29, 0.717) is 6.54 Å². The van der Waals surface area contributed by atoms with E-state index in [1.165, 1.54) is 5.69 Å². The molecule has 0 fully saturated rings. The van der Waals surface area contributed by atoms with Gasteiger partial charge in [-0.25, -0.2) is 0 Å². The van der Waals surface area contributed by atoms with Crippen molar-refractivity contribution in [1.29, 1.82) is 0 Å². The molecule has 4 nitrogen and oxygen atoms in total. The summed E-state index contributed by atoms with van der Waals surface area (Å²) in [4.78, 5) is 0. The third kappa shape index (κ3) is 4.79. The molecule has 92 valence electrons. The van der Waals surface area contributed by atoms with Crippen LogP contribution in [0.4, 0.5) is 0 Å². The fourth-order valence-corrected chi connectivity index (χ4v) is 1.61. The summed E-state index contributed by atoms with van der Waals surface area (Å²) in [5.74, 6) is 0. The van der Waals surface area contributed by atoms with Crippen molar-refractivity contribution < 1.29 is 9.47 Å². The zero-order valence-corrected chi connectivity index (χ0v) is 10.0. The summed E-state index contributed by atoms with van der Waals surface area (Å²) in [6, 6.07) is 4.16. The number of ether oxygens (including phenoxy) is 2. The van der Waals surface area contributed by atoms with Gasteiger partial charge in [-0.2, -0.15) is 0 Å². The van der Waals surface area contributed by atoms with Gasteiger partial charge in [-0.1, -0.05) is 0 Å². The Kier molecular flexibility index (Phi) is 6.88. The minimum atomic E-state index is 0.693. The first-order chi connectivity index (χ1) is 7.88. The molecule has 0 aliphatic rings. The fraction of sp³-hybridized carbons (Fsp3) is 0.667. The first-order valence-electron chi connectivity index (χ1n) is 5.79. The average Bonchev–Trinajstić information content (AvgIpc) is 2.72. The van der Waals surface area contributed by atoms with Crippen molar-refractivity contribution in [2.24, 2.45) is 5.73 Å². The molecule has 0 bridgehead atoms. The molecule has 1 aromatic heterocycles. The summed E-state index contributed by atoms with van der Waals surface area (Å²) in [5.41, 5.74) is 6.82. The minimum absolute atomic E-state index is 0.693. The highest BCUT2D eigenvalue weighted by molar-refractivity contribution is 5.07. The molecular weight excluding hydrogens is 204 g/mol. The van der Waals surface area contributed by atoms with Gasteiger partial charge in [-0.3, -0.25) is 0 Å². The highest BCUT2D eigenvalue weighted by atomic mass is 16.5. The van der Waals surface area contributed by atoms with Crippen molar-refractivity contribution in [3.8, 4) is 0 Å². The highest BCUT2D eigenvalue weighted by Gasteiger charge is 1.99. The monoisotopic (exact) mass is 226 g/mol. The molecule has 0 unspecified atom stereocenters. The van der Waals surface area contributed by atoms with Gasteiger partial charge in [0.2, 0.25) is 0 Å². The van der Waals surface area contributed by atoms with Gasteiger partial charge in [-0.15, -0.1) is 0 Å². The van der Waals surface area contributed by atoms with Gasteiger partial charge < -0.3 is 19.8 Å². The Morgan fingerprint density at radius 1 is 1.31 bits per heavy atom. The number of hydrogen-bond donors (Lipinski definition) is 1. The van der Waals surface area contributed by atoms with Crippen molar-refractivity contribution in [2.75, 3.05) is 33.5 Å². The quantitative estimate of drug-likeness (QED) is 0.640. The third-order valence-corrected chi connectivity index (χ3v) is 2.44. The predicted molar refractivity (Wildman–Crippen MR) is 64.5 cm³/mol.